The zero-order valence-corrected chi connectivity index (χ0v) is 20.9. The molecule has 1 heterocycles. The van der Waals surface area contributed by atoms with Crippen molar-refractivity contribution in [2.45, 2.75) is 31.0 Å². The van der Waals surface area contributed by atoms with E-state index in [1.54, 1.807) is 66.7 Å². The Labute approximate surface area is 224 Å². The number of hydrogen-bond acceptors (Lipinski definition) is 9. The molecule has 4 atom stereocenters. The van der Waals surface area contributed by atoms with Gasteiger partial charge in [-0.3, -0.25) is 4.79 Å². The molecular formula is C30H24O9. The van der Waals surface area contributed by atoms with Gasteiger partial charge in [0.15, 0.2) is 6.10 Å². The highest BCUT2D eigenvalue weighted by Gasteiger charge is 2.63. The molecule has 9 heteroatoms. The number of ether oxygens (including phenoxy) is 5. The molecule has 1 saturated heterocycles. The van der Waals surface area contributed by atoms with Crippen LogP contribution in [0.3, 0.4) is 0 Å². The van der Waals surface area contributed by atoms with E-state index in [-0.39, 0.29) is 16.7 Å². The molecule has 1 aliphatic heterocycles. The summed E-state index contributed by atoms with van der Waals surface area (Å²) in [5.41, 5.74) is -1.57. The molecule has 1 fully saturated rings. The zero-order valence-electron chi connectivity index (χ0n) is 20.9. The van der Waals surface area contributed by atoms with E-state index in [0.717, 1.165) is 6.92 Å². The number of hydrogen-bond donors (Lipinski definition) is 0. The van der Waals surface area contributed by atoms with Crippen LogP contribution >= 0.6 is 0 Å². The number of terminal acetylenes is 1. The van der Waals surface area contributed by atoms with Gasteiger partial charge in [-0.05, 0) is 36.4 Å². The molecule has 39 heavy (non-hydrogen) atoms. The Morgan fingerprint density at radius 1 is 0.769 bits per heavy atom. The lowest BCUT2D eigenvalue weighted by molar-refractivity contribution is -0.188. The molecule has 0 radical (unpaired) electrons. The molecule has 0 bridgehead atoms. The van der Waals surface area contributed by atoms with Crippen molar-refractivity contribution in [1.82, 2.24) is 0 Å². The molecule has 0 aromatic heterocycles. The molecule has 0 aliphatic carbocycles. The Hall–Kier alpha value is -4.94. The molecule has 0 amide bonds. The average Bonchev–Trinajstić information content (AvgIpc) is 3.23. The highest BCUT2D eigenvalue weighted by Crippen LogP contribution is 2.39. The summed E-state index contributed by atoms with van der Waals surface area (Å²) in [6.07, 6.45) is 1.37. The molecule has 0 N–H and O–H groups in total. The molecule has 0 saturated carbocycles. The van der Waals surface area contributed by atoms with E-state index in [1.165, 1.54) is 24.3 Å². The van der Waals surface area contributed by atoms with Gasteiger partial charge in [0.2, 0.25) is 18.0 Å². The van der Waals surface area contributed by atoms with Crippen molar-refractivity contribution in [3.05, 3.63) is 108 Å². The van der Waals surface area contributed by atoms with E-state index in [9.17, 15) is 19.2 Å². The molecule has 198 valence electrons. The third kappa shape index (κ3) is 6.14. The molecule has 4 rings (SSSR count). The summed E-state index contributed by atoms with van der Waals surface area (Å²) in [4.78, 5) is 50.8. The first-order valence-corrected chi connectivity index (χ1v) is 11.9. The van der Waals surface area contributed by atoms with Gasteiger partial charge in [0.05, 0.1) is 16.7 Å². The van der Waals surface area contributed by atoms with E-state index < -0.39 is 54.6 Å². The summed E-state index contributed by atoms with van der Waals surface area (Å²) in [6.45, 7) is 0.604. The topological polar surface area (TPSA) is 114 Å². The molecule has 0 unspecified atom stereocenters. The van der Waals surface area contributed by atoms with Crippen LogP contribution in [0, 0.1) is 12.3 Å². The fourth-order valence-electron chi connectivity index (χ4n) is 3.96. The monoisotopic (exact) mass is 528 g/mol. The summed E-state index contributed by atoms with van der Waals surface area (Å²) in [5, 5.41) is 0. The van der Waals surface area contributed by atoms with Crippen molar-refractivity contribution in [2.75, 3.05) is 6.61 Å². The third-order valence-electron chi connectivity index (χ3n) is 5.84. The highest BCUT2D eigenvalue weighted by molar-refractivity contribution is 5.91. The maximum absolute atomic E-state index is 13.2. The van der Waals surface area contributed by atoms with Crippen molar-refractivity contribution in [3.8, 4) is 12.3 Å². The second-order valence-electron chi connectivity index (χ2n) is 8.45. The summed E-state index contributed by atoms with van der Waals surface area (Å²) < 4.78 is 28.0. The van der Waals surface area contributed by atoms with Crippen molar-refractivity contribution >= 4 is 23.9 Å². The molecule has 0 spiro atoms. The fraction of sp³-hybridized carbons (Fsp3) is 0.200. The number of rotatable bonds is 8. The van der Waals surface area contributed by atoms with Gasteiger partial charge in [-0.2, -0.15) is 0 Å². The van der Waals surface area contributed by atoms with Crippen molar-refractivity contribution in [1.29, 1.82) is 0 Å². The Kier molecular flexibility index (Phi) is 8.39. The van der Waals surface area contributed by atoms with Crippen LogP contribution in [0.4, 0.5) is 0 Å². The largest absolute Gasteiger partial charge is 0.459 e. The minimum absolute atomic E-state index is 0.149. The van der Waals surface area contributed by atoms with Crippen LogP contribution in [0.2, 0.25) is 0 Å². The smallest absolute Gasteiger partial charge is 0.339 e. The molecule has 3 aromatic carbocycles. The van der Waals surface area contributed by atoms with Crippen molar-refractivity contribution in [3.63, 3.8) is 0 Å². The number of carbonyl (C=O) groups excluding carboxylic acids is 4. The Morgan fingerprint density at radius 2 is 1.26 bits per heavy atom. The van der Waals surface area contributed by atoms with Gasteiger partial charge < -0.3 is 23.7 Å². The summed E-state index contributed by atoms with van der Waals surface area (Å²) in [7, 11) is 0. The maximum atomic E-state index is 13.2. The van der Waals surface area contributed by atoms with Crippen LogP contribution < -0.4 is 0 Å². The van der Waals surface area contributed by atoms with Crippen LogP contribution in [0.25, 0.3) is 0 Å². The van der Waals surface area contributed by atoms with Crippen LogP contribution in [0.5, 0.6) is 0 Å². The van der Waals surface area contributed by atoms with Gasteiger partial charge in [0.25, 0.3) is 0 Å². The predicted octanol–water partition coefficient (Wildman–Crippen LogP) is 3.59. The summed E-state index contributed by atoms with van der Waals surface area (Å²) in [5.74, 6) is -0.797. The van der Waals surface area contributed by atoms with E-state index in [1.807, 2.05) is 0 Å². The van der Waals surface area contributed by atoms with E-state index >= 15 is 0 Å². The molecule has 3 aromatic rings. The van der Waals surface area contributed by atoms with Gasteiger partial charge in [0.1, 0.15) is 6.61 Å². The van der Waals surface area contributed by atoms with Gasteiger partial charge in [0, 0.05) is 6.92 Å². The molecular weight excluding hydrogens is 504 g/mol. The number of carbonyl (C=O) groups is 4. The molecule has 9 nitrogen and oxygen atoms in total. The zero-order chi connectivity index (χ0) is 27.8. The van der Waals surface area contributed by atoms with Gasteiger partial charge in [-0.15, -0.1) is 6.42 Å². The second-order valence-corrected chi connectivity index (χ2v) is 8.45. The lowest BCUT2D eigenvalue weighted by Crippen LogP contribution is -2.54. The minimum Gasteiger partial charge on any atom is -0.459 e. The first-order chi connectivity index (χ1) is 18.8. The maximum Gasteiger partial charge on any atom is 0.339 e. The van der Waals surface area contributed by atoms with E-state index in [0.29, 0.717) is 0 Å². The summed E-state index contributed by atoms with van der Waals surface area (Å²) in [6, 6.07) is 24.1. The third-order valence-corrected chi connectivity index (χ3v) is 5.84. The minimum atomic E-state index is -2.14. The number of benzene rings is 3. The highest BCUT2D eigenvalue weighted by atomic mass is 16.8. The lowest BCUT2D eigenvalue weighted by atomic mass is 9.92. The van der Waals surface area contributed by atoms with Gasteiger partial charge >= 0.3 is 23.9 Å². The van der Waals surface area contributed by atoms with E-state index in [4.69, 9.17) is 30.1 Å². The van der Waals surface area contributed by atoms with Gasteiger partial charge in [-0.1, -0.05) is 60.5 Å². The van der Waals surface area contributed by atoms with Crippen LogP contribution in [-0.2, 0) is 28.5 Å². The van der Waals surface area contributed by atoms with Crippen molar-refractivity contribution in [2.24, 2.45) is 0 Å². The average molecular weight is 529 g/mol. The SMILES string of the molecule is C#C[C@@]1(OC(=O)c2ccccc2)[C@@H](COC(=O)c2ccccc2)O[C@@H](OC(C)=O)[C@@H]1OC(=O)c1ccccc1. The van der Waals surface area contributed by atoms with Crippen LogP contribution in [0.15, 0.2) is 91.0 Å². The van der Waals surface area contributed by atoms with Gasteiger partial charge in [-0.25, -0.2) is 14.4 Å². The lowest BCUT2D eigenvalue weighted by Gasteiger charge is -2.32. The van der Waals surface area contributed by atoms with Crippen LogP contribution in [0.1, 0.15) is 38.0 Å². The van der Waals surface area contributed by atoms with E-state index in [2.05, 4.69) is 5.92 Å². The Bertz CT molecular complexity index is 1370. The second kappa shape index (κ2) is 12.1. The van der Waals surface area contributed by atoms with Crippen LogP contribution in [-0.4, -0.2) is 54.6 Å². The quantitative estimate of drug-likeness (QED) is 0.246. The Balaban J connectivity index is 1.69. The standard InChI is InChI=1S/C30H24O9/c1-3-30(39-28(34)23-17-11-6-12-18-23)24(19-35-26(32)21-13-7-4-8-14-21)37-29(36-20(2)31)25(30)38-27(33)22-15-9-5-10-16-22/h1,4-18,24-25,29H,19H2,2H3/t24-,25+,29-,30-/m1/s1. The predicted molar refractivity (Wildman–Crippen MR) is 136 cm³/mol. The first-order valence-electron chi connectivity index (χ1n) is 11.9. The summed E-state index contributed by atoms with van der Waals surface area (Å²) >= 11 is 0. The Morgan fingerprint density at radius 3 is 1.74 bits per heavy atom. The normalized spacial score (nSPS) is 21.7. The van der Waals surface area contributed by atoms with Crippen molar-refractivity contribution < 1.29 is 42.9 Å². The number of esters is 4. The first kappa shape index (κ1) is 27.1. The molecule has 1 aliphatic rings. The fourth-order valence-corrected chi connectivity index (χ4v) is 3.96.